The molecule has 0 spiro atoms. The van der Waals surface area contributed by atoms with Crippen molar-refractivity contribution in [3.05, 3.63) is 0 Å². The third-order valence-electron chi connectivity index (χ3n) is 0. The first-order valence-corrected chi connectivity index (χ1v) is 0. The Morgan fingerprint density at radius 3 is 0.333 bits per heavy atom. The quantitative estimate of drug-likeness (QED) is 0.311. The van der Waals surface area contributed by atoms with Gasteiger partial charge in [-0.1, -0.05) is 0 Å². The first kappa shape index (κ1) is 1050. The van der Waals surface area contributed by atoms with Gasteiger partial charge in [-0.3, -0.25) is 0 Å². The van der Waals surface area contributed by atoms with Crippen LogP contribution in [0.2, 0.25) is 0 Å². The molecule has 6 heavy (non-hydrogen) atoms. The first-order chi connectivity index (χ1) is 0. The van der Waals surface area contributed by atoms with Gasteiger partial charge in [-0.05, 0) is 0 Å². The molecule has 0 unspecified atom stereocenters. The molecule has 10 N–H and O–H groups in total. The van der Waals surface area contributed by atoms with Gasteiger partial charge in [-0.15, -0.1) is 0 Å². The predicted octanol–water partition coefficient (Wildman–Crippen LogP) is -4.13. The van der Waals surface area contributed by atoms with Crippen LogP contribution >= 0.6 is 0 Å². The fraction of sp³-hybridized carbons (Fsp3) is 0. The van der Waals surface area contributed by atoms with Crippen LogP contribution in [0.1, 0.15) is 0 Å². The molecule has 0 aliphatic heterocycles. The molecule has 0 amide bonds. The maximum atomic E-state index is 0. The van der Waals surface area contributed by atoms with E-state index >= 15 is 0 Å². The topological polar surface area (TPSA) is 158 Å². The van der Waals surface area contributed by atoms with Crippen LogP contribution in [-0.4, -0.2) is 27.4 Å². The third-order valence-corrected chi connectivity index (χ3v) is 0. The van der Waals surface area contributed by atoms with Crippen molar-refractivity contribution in [1.82, 2.24) is 0 Å². The third kappa shape index (κ3) is 289. The molecule has 0 saturated carbocycles. The zero-order valence-electron chi connectivity index (χ0n) is 3.21. The maximum Gasteiger partial charge on any atom is 2.00 e. The average molecular weight is 155 g/mol. The van der Waals surface area contributed by atoms with Gasteiger partial charge < -0.3 is 27.4 Å². The van der Waals surface area contributed by atoms with Crippen LogP contribution in [0, 0.1) is 0 Å². The van der Waals surface area contributed by atoms with Crippen molar-refractivity contribution in [3.8, 4) is 0 Å². The fourth-order valence-corrected chi connectivity index (χ4v) is 0. The van der Waals surface area contributed by atoms with Gasteiger partial charge in [0.1, 0.15) is 0 Å². The van der Waals surface area contributed by atoms with Crippen molar-refractivity contribution in [2.24, 2.45) is 0 Å². The Hall–Kier alpha value is 0.423. The minimum Gasteiger partial charge on any atom is -0.412 e. The monoisotopic (exact) mass is 154 g/mol. The van der Waals surface area contributed by atoms with Gasteiger partial charge in [-0.25, -0.2) is 0 Å². The van der Waals surface area contributed by atoms with E-state index in [1.165, 1.54) is 0 Å². The van der Waals surface area contributed by atoms with Gasteiger partial charge in [0.25, 0.3) is 0 Å². The Bertz CT molecular complexity index is 3.90. The van der Waals surface area contributed by atoms with Crippen LogP contribution < -0.4 is 0 Å². The molecule has 0 heterocycles. The summed E-state index contributed by atoms with van der Waals surface area (Å²) in [7, 11) is 0. The second-order valence-electron chi connectivity index (χ2n) is 0. The van der Waals surface area contributed by atoms with Crippen molar-refractivity contribution in [2.75, 3.05) is 0 Å². The van der Waals surface area contributed by atoms with Gasteiger partial charge in [0, 0.05) is 0 Å². The van der Waals surface area contributed by atoms with E-state index in [2.05, 4.69) is 0 Å². The van der Waals surface area contributed by atoms with Gasteiger partial charge >= 0.3 is 19.5 Å². The molecule has 0 fully saturated rings. The summed E-state index contributed by atoms with van der Waals surface area (Å²) in [4.78, 5) is 0. The second-order valence-corrected chi connectivity index (χ2v) is 0. The molecule has 0 radical (unpaired) electrons. The molecule has 0 atom stereocenters. The molecule has 0 aromatic heterocycles. The molecule has 0 aliphatic carbocycles. The van der Waals surface area contributed by atoms with E-state index in [4.69, 9.17) is 0 Å². The molecule has 0 bridgehead atoms. The number of hydrogen-bond acceptors (Lipinski definition) is 0. The van der Waals surface area contributed by atoms with Crippen LogP contribution in [0.5, 0.6) is 0 Å². The van der Waals surface area contributed by atoms with E-state index < -0.39 is 0 Å². The Morgan fingerprint density at radius 2 is 0.333 bits per heavy atom. The van der Waals surface area contributed by atoms with Crippen molar-refractivity contribution < 1.29 is 46.9 Å². The van der Waals surface area contributed by atoms with Crippen molar-refractivity contribution in [1.29, 1.82) is 0 Å². The van der Waals surface area contributed by atoms with E-state index in [-0.39, 0.29) is 46.9 Å². The second kappa shape index (κ2) is 592. The Morgan fingerprint density at radius 1 is 0.333 bits per heavy atom. The van der Waals surface area contributed by atoms with Crippen LogP contribution in [0.4, 0.5) is 0 Å². The molecule has 0 aromatic rings. The number of hydrogen-bond donors (Lipinski definition) is 0. The van der Waals surface area contributed by atoms with Gasteiger partial charge in [0.2, 0.25) is 0 Å². The molecule has 0 saturated heterocycles. The Kier molecular flexibility index (Phi) is 104000. The zero-order valence-corrected chi connectivity index (χ0v) is 6.17. The van der Waals surface area contributed by atoms with E-state index in [9.17, 15) is 0 Å². The van der Waals surface area contributed by atoms with Crippen LogP contribution in [0.3, 0.4) is 0 Å². The van der Waals surface area contributed by atoms with Gasteiger partial charge in [0.05, 0.1) is 0 Å². The van der Waals surface area contributed by atoms with E-state index in [1.807, 2.05) is 0 Å². The summed E-state index contributed by atoms with van der Waals surface area (Å²) in [6.07, 6.45) is 0. The molecule has 0 aromatic carbocycles. The molecular formula is H10O5Zn+2. The summed E-state index contributed by atoms with van der Waals surface area (Å²) in [5.41, 5.74) is 0. The molecular weight excluding hydrogens is 145 g/mol. The largest absolute Gasteiger partial charge is 2.00 e. The minimum atomic E-state index is 0. The van der Waals surface area contributed by atoms with Crippen LogP contribution in [-0.2, 0) is 19.5 Å². The van der Waals surface area contributed by atoms with Crippen molar-refractivity contribution in [2.45, 2.75) is 0 Å². The van der Waals surface area contributed by atoms with Gasteiger partial charge in [0.15, 0.2) is 0 Å². The predicted molar refractivity (Wildman–Crippen MR) is 18.1 cm³/mol. The Labute approximate surface area is 47.7 Å². The summed E-state index contributed by atoms with van der Waals surface area (Å²) in [5.74, 6) is 0. The van der Waals surface area contributed by atoms with Gasteiger partial charge in [-0.2, -0.15) is 0 Å². The molecule has 6 heteroatoms. The standard InChI is InChI=1S/5H2O.Zn/h5*1H2;/q;;;;;+2. The fourth-order valence-electron chi connectivity index (χ4n) is 0. The smallest absolute Gasteiger partial charge is 0.412 e. The van der Waals surface area contributed by atoms with E-state index in [0.29, 0.717) is 0 Å². The summed E-state index contributed by atoms with van der Waals surface area (Å²) >= 11 is 0. The molecule has 5 nitrogen and oxygen atoms in total. The normalized spacial score (nSPS) is 0. The summed E-state index contributed by atoms with van der Waals surface area (Å²) in [6, 6.07) is 0. The van der Waals surface area contributed by atoms with E-state index in [0.717, 1.165) is 0 Å². The summed E-state index contributed by atoms with van der Waals surface area (Å²) in [5, 5.41) is 0. The summed E-state index contributed by atoms with van der Waals surface area (Å²) in [6.45, 7) is 0. The first-order valence-electron chi connectivity index (χ1n) is 0. The zero-order chi connectivity index (χ0) is 0. The van der Waals surface area contributed by atoms with Crippen molar-refractivity contribution in [3.63, 3.8) is 0 Å². The molecule has 0 rings (SSSR count). The minimum absolute atomic E-state index is 0. The molecule has 40 valence electrons. The molecule has 0 aliphatic rings. The SMILES string of the molecule is O.O.O.O.O.[Zn+2]. The Balaban J connectivity index is 0. The van der Waals surface area contributed by atoms with E-state index in [1.54, 1.807) is 0 Å². The summed E-state index contributed by atoms with van der Waals surface area (Å²) < 4.78 is 0. The van der Waals surface area contributed by atoms with Crippen LogP contribution in [0.15, 0.2) is 0 Å². The maximum absolute atomic E-state index is 0. The average Bonchev–Trinajstić information content (AvgIpc) is 0. The number of rotatable bonds is 0. The van der Waals surface area contributed by atoms with Crippen molar-refractivity contribution >= 4 is 0 Å². The van der Waals surface area contributed by atoms with Crippen LogP contribution in [0.25, 0.3) is 0 Å².